The number of fused-ring (bicyclic) bond motifs is 2. The lowest BCUT2D eigenvalue weighted by Gasteiger charge is -2.15. The van der Waals surface area contributed by atoms with Crippen LogP contribution in [-0.4, -0.2) is 39.2 Å². The number of hydrogen-bond donors (Lipinski definition) is 1. The molecule has 4 rings (SSSR count). The first-order chi connectivity index (χ1) is 17.6. The number of benzene rings is 2. The highest BCUT2D eigenvalue weighted by molar-refractivity contribution is 7.20. The van der Waals surface area contributed by atoms with Crippen LogP contribution >= 0.6 is 11.3 Å². The Morgan fingerprint density at radius 3 is 2.62 bits per heavy atom. The molecule has 1 amide bonds. The lowest BCUT2D eigenvalue weighted by atomic mass is 9.96. The van der Waals surface area contributed by atoms with E-state index in [0.29, 0.717) is 35.0 Å². The molecule has 0 aliphatic heterocycles. The highest BCUT2D eigenvalue weighted by atomic mass is 32.1. The topological polar surface area (TPSA) is 76.9 Å². The number of nitrogens with one attached hydrogen (secondary N) is 1. The summed E-state index contributed by atoms with van der Waals surface area (Å²) < 4.78 is 40.3. The Balaban J connectivity index is 1.39. The van der Waals surface area contributed by atoms with Gasteiger partial charge in [-0.3, -0.25) is 14.3 Å². The average molecular weight is 531 g/mol. The van der Waals surface area contributed by atoms with Crippen LogP contribution in [0.25, 0.3) is 21.1 Å². The van der Waals surface area contributed by atoms with Gasteiger partial charge in [0.2, 0.25) is 0 Å². The molecule has 6 nitrogen and oxygen atoms in total. The fourth-order valence-corrected chi connectivity index (χ4v) is 5.48. The van der Waals surface area contributed by atoms with Crippen LogP contribution < -0.4 is 5.32 Å². The Hall–Kier alpha value is -3.27. The molecule has 1 N–H and O–H groups in total. The molecule has 1 atom stereocenters. The maximum Gasteiger partial charge on any atom is 0.405 e. The Labute approximate surface area is 216 Å². The minimum Gasteiger partial charge on any atom is -0.343 e. The van der Waals surface area contributed by atoms with Gasteiger partial charge in [0.05, 0.1) is 15.7 Å². The maximum atomic E-state index is 12.7. The molecule has 1 unspecified atom stereocenters. The first-order valence-electron chi connectivity index (χ1n) is 12.3. The highest BCUT2D eigenvalue weighted by Crippen LogP contribution is 2.26. The molecule has 37 heavy (non-hydrogen) atoms. The molecule has 4 aromatic rings. The standard InChI is InChI=1S/C27H29F3N4O2S/c1-3-7-18(8-6-10-23(35)26-32-22-9-4-5-11-24(22)37-26)14-34-15-20-17(2)19(12-13-21(20)33-34)25(36)31-16-27(28,29)30/h4-5,9,11-13,15,18H,3,6-8,10,14,16H2,1-2H3,(H,31,36). The predicted octanol–water partition coefficient (Wildman–Crippen LogP) is 6.72. The molecule has 0 saturated heterocycles. The number of hydrogen-bond acceptors (Lipinski definition) is 5. The molecule has 0 bridgehead atoms. The maximum absolute atomic E-state index is 12.7. The summed E-state index contributed by atoms with van der Waals surface area (Å²) in [6.45, 7) is 3.12. The number of halogens is 3. The first-order valence-corrected chi connectivity index (χ1v) is 13.2. The van der Waals surface area contributed by atoms with E-state index in [2.05, 4.69) is 17.0 Å². The van der Waals surface area contributed by atoms with Gasteiger partial charge >= 0.3 is 6.18 Å². The van der Waals surface area contributed by atoms with E-state index in [1.54, 1.807) is 13.0 Å². The van der Waals surface area contributed by atoms with E-state index in [1.165, 1.54) is 17.4 Å². The summed E-state index contributed by atoms with van der Waals surface area (Å²) in [5, 5.41) is 7.85. The molecule has 10 heteroatoms. The van der Waals surface area contributed by atoms with E-state index in [1.807, 2.05) is 40.5 Å². The molecule has 0 radical (unpaired) electrons. The Morgan fingerprint density at radius 1 is 1.11 bits per heavy atom. The summed E-state index contributed by atoms with van der Waals surface area (Å²) in [5.74, 6) is -0.378. The van der Waals surface area contributed by atoms with Gasteiger partial charge in [-0.15, -0.1) is 11.3 Å². The third-order valence-electron chi connectivity index (χ3n) is 6.39. The van der Waals surface area contributed by atoms with Crippen molar-refractivity contribution in [3.05, 3.63) is 58.7 Å². The Morgan fingerprint density at radius 2 is 1.89 bits per heavy atom. The number of carbonyl (C=O) groups excluding carboxylic acids is 2. The van der Waals surface area contributed by atoms with Crippen molar-refractivity contribution in [2.24, 2.45) is 5.92 Å². The fraction of sp³-hybridized carbons (Fsp3) is 0.407. The monoisotopic (exact) mass is 530 g/mol. The van der Waals surface area contributed by atoms with Crippen molar-refractivity contribution in [3.8, 4) is 0 Å². The molecule has 2 aromatic carbocycles. The Bertz CT molecular complexity index is 1380. The van der Waals surface area contributed by atoms with Crippen LogP contribution in [-0.2, 0) is 6.54 Å². The van der Waals surface area contributed by atoms with Gasteiger partial charge < -0.3 is 5.32 Å². The van der Waals surface area contributed by atoms with Crippen LogP contribution in [0.5, 0.6) is 0 Å². The van der Waals surface area contributed by atoms with Crippen LogP contribution in [0.2, 0.25) is 0 Å². The molecule has 0 aliphatic rings. The van der Waals surface area contributed by atoms with E-state index < -0.39 is 18.6 Å². The summed E-state index contributed by atoms with van der Waals surface area (Å²) in [7, 11) is 0. The number of aryl methyl sites for hydroxylation is 1. The van der Waals surface area contributed by atoms with Crippen molar-refractivity contribution in [2.75, 3.05) is 6.54 Å². The van der Waals surface area contributed by atoms with Crippen molar-refractivity contribution < 1.29 is 22.8 Å². The minimum absolute atomic E-state index is 0.0632. The normalized spacial score (nSPS) is 12.8. The lowest BCUT2D eigenvalue weighted by molar-refractivity contribution is -0.123. The molecule has 2 aromatic heterocycles. The number of thiazole rings is 1. The van der Waals surface area contributed by atoms with Crippen molar-refractivity contribution in [1.29, 1.82) is 0 Å². The number of carbonyl (C=O) groups is 2. The van der Waals surface area contributed by atoms with Crippen LogP contribution in [0, 0.1) is 12.8 Å². The second-order valence-corrected chi connectivity index (χ2v) is 10.3. The van der Waals surface area contributed by atoms with Crippen LogP contribution in [0.4, 0.5) is 13.2 Å². The predicted molar refractivity (Wildman–Crippen MR) is 139 cm³/mol. The second kappa shape index (κ2) is 11.4. The quantitative estimate of drug-likeness (QED) is 0.219. The molecule has 196 valence electrons. The number of ketones is 1. The van der Waals surface area contributed by atoms with Crippen molar-refractivity contribution >= 4 is 44.1 Å². The zero-order valence-electron chi connectivity index (χ0n) is 20.8. The van der Waals surface area contributed by atoms with Gasteiger partial charge in [-0.25, -0.2) is 4.98 Å². The summed E-state index contributed by atoms with van der Waals surface area (Å²) in [4.78, 5) is 29.4. The van der Waals surface area contributed by atoms with Gasteiger partial charge in [0, 0.05) is 30.1 Å². The first kappa shape index (κ1) is 26.8. The molecule has 0 fully saturated rings. The number of Topliss-reactive ketones (excluding diaryl/α,β-unsaturated/α-hetero) is 1. The van der Waals surface area contributed by atoms with Crippen molar-refractivity contribution in [1.82, 2.24) is 20.1 Å². The van der Waals surface area contributed by atoms with E-state index in [4.69, 9.17) is 0 Å². The van der Waals surface area contributed by atoms with Gasteiger partial charge in [-0.2, -0.15) is 18.3 Å². The molecular weight excluding hydrogens is 501 g/mol. The number of amides is 1. The number of rotatable bonds is 11. The zero-order chi connectivity index (χ0) is 26.6. The third kappa shape index (κ3) is 6.74. The zero-order valence-corrected chi connectivity index (χ0v) is 21.6. The molecular formula is C27H29F3N4O2S. The smallest absolute Gasteiger partial charge is 0.343 e. The third-order valence-corrected chi connectivity index (χ3v) is 7.47. The summed E-state index contributed by atoms with van der Waals surface area (Å²) in [5.41, 5.74) is 2.33. The van der Waals surface area contributed by atoms with Gasteiger partial charge in [0.25, 0.3) is 5.91 Å². The minimum atomic E-state index is -4.47. The van der Waals surface area contributed by atoms with Gasteiger partial charge in [0.15, 0.2) is 10.8 Å². The van der Waals surface area contributed by atoms with E-state index >= 15 is 0 Å². The number of aromatic nitrogens is 3. The average Bonchev–Trinajstić information content (AvgIpc) is 3.47. The van der Waals surface area contributed by atoms with Crippen molar-refractivity contribution in [3.63, 3.8) is 0 Å². The lowest BCUT2D eigenvalue weighted by Crippen LogP contribution is -2.34. The number of para-hydroxylation sites is 1. The van der Waals surface area contributed by atoms with Crippen LogP contribution in [0.15, 0.2) is 42.6 Å². The van der Waals surface area contributed by atoms with Crippen molar-refractivity contribution in [2.45, 2.75) is 58.7 Å². The van der Waals surface area contributed by atoms with Gasteiger partial charge in [-0.1, -0.05) is 25.5 Å². The highest BCUT2D eigenvalue weighted by Gasteiger charge is 2.28. The van der Waals surface area contributed by atoms with Crippen LogP contribution in [0.3, 0.4) is 0 Å². The second-order valence-electron chi connectivity index (χ2n) is 9.28. The summed E-state index contributed by atoms with van der Waals surface area (Å²) >= 11 is 1.43. The number of alkyl halides is 3. The van der Waals surface area contributed by atoms with Gasteiger partial charge in [-0.05, 0) is 61.9 Å². The largest absolute Gasteiger partial charge is 0.405 e. The van der Waals surface area contributed by atoms with Crippen LogP contribution in [0.1, 0.15) is 64.8 Å². The van der Waals surface area contributed by atoms with E-state index in [-0.39, 0.29) is 11.3 Å². The number of nitrogens with zero attached hydrogens (tertiary/aromatic N) is 3. The van der Waals surface area contributed by atoms with E-state index in [9.17, 15) is 22.8 Å². The summed E-state index contributed by atoms with van der Waals surface area (Å²) in [6.07, 6.45) is 1.42. The molecule has 2 heterocycles. The summed E-state index contributed by atoms with van der Waals surface area (Å²) in [6, 6.07) is 10.9. The van der Waals surface area contributed by atoms with E-state index in [0.717, 1.165) is 41.3 Å². The molecule has 0 aliphatic carbocycles. The fourth-order valence-electron chi connectivity index (χ4n) is 4.55. The van der Waals surface area contributed by atoms with Gasteiger partial charge in [0.1, 0.15) is 6.54 Å². The molecule has 0 saturated carbocycles. The SMILES string of the molecule is CCCC(CCCC(=O)c1nc2ccccc2s1)Cn1cc2c(C)c(C(=O)NCC(F)(F)F)ccc2n1. The Kier molecular flexibility index (Phi) is 8.26. The molecule has 0 spiro atoms.